The third kappa shape index (κ3) is 8.35. The van der Waals surface area contributed by atoms with Crippen LogP contribution in [0.4, 0.5) is 11.6 Å². The van der Waals surface area contributed by atoms with Crippen LogP contribution in [-0.4, -0.2) is 74.9 Å². The Morgan fingerprint density at radius 2 is 1.24 bits per heavy atom. The molecule has 2 N–H and O–H groups in total. The highest BCUT2D eigenvalue weighted by Gasteiger charge is 2.26. The van der Waals surface area contributed by atoms with E-state index in [1.54, 1.807) is 48.5 Å². The fourth-order valence-corrected chi connectivity index (χ4v) is 11.1. The molecular formula is C39H39Br2ClN10O4S2. The Morgan fingerprint density at radius 1 is 0.741 bits per heavy atom. The van der Waals surface area contributed by atoms with Gasteiger partial charge in [0, 0.05) is 46.5 Å². The maximum atomic E-state index is 13.4. The molecule has 2 aromatic carbocycles. The van der Waals surface area contributed by atoms with Gasteiger partial charge in [-0.25, -0.2) is 49.7 Å². The number of aryl methyl sites for hydroxylation is 2. The van der Waals surface area contributed by atoms with Crippen LogP contribution < -0.4 is 15.5 Å². The van der Waals surface area contributed by atoms with Gasteiger partial charge in [-0.3, -0.25) is 0 Å². The summed E-state index contributed by atoms with van der Waals surface area (Å²) in [6, 6.07) is 20.0. The Kier molecular flexibility index (Phi) is 12.0. The molecule has 3 atom stereocenters. The number of piperazine rings is 1. The van der Waals surface area contributed by atoms with Crippen LogP contribution in [0.5, 0.6) is 0 Å². The van der Waals surface area contributed by atoms with Gasteiger partial charge in [-0.2, -0.15) is 0 Å². The van der Waals surface area contributed by atoms with Crippen molar-refractivity contribution in [2.75, 3.05) is 23.3 Å². The first-order valence-electron chi connectivity index (χ1n) is 18.1. The number of hydrogen-bond acceptors (Lipinski definition) is 12. The SMILES string of the molecule is Cc1ccc(S(=O)(=O)n2cc(Br)c3c(Cl)ncnc32)cc1.Cc1ccc(S(=O)(=O)n2cc(Br)c3c(N[C@@H](C)c4cccc(N5C[C@@H](C)N[C@@H](C)C5)n4)ncnc32)cc1. The van der Waals surface area contributed by atoms with Crippen LogP contribution in [0.2, 0.25) is 5.15 Å². The number of anilines is 2. The number of hydrogen-bond donors (Lipinski definition) is 2. The minimum absolute atomic E-state index is 0.181. The van der Waals surface area contributed by atoms with Gasteiger partial charge in [-0.1, -0.05) is 53.1 Å². The van der Waals surface area contributed by atoms with E-state index in [1.165, 1.54) is 29.0 Å². The summed E-state index contributed by atoms with van der Waals surface area (Å²) in [5.74, 6) is 1.47. The largest absolute Gasteiger partial charge is 0.361 e. The van der Waals surface area contributed by atoms with Gasteiger partial charge in [0.05, 0.1) is 32.3 Å². The molecule has 0 aliphatic carbocycles. The number of nitrogens with one attached hydrogen (secondary N) is 2. The number of pyridine rings is 1. The Hall–Kier alpha value is -4.46. The molecule has 1 fully saturated rings. The van der Waals surface area contributed by atoms with Crippen molar-refractivity contribution < 1.29 is 16.8 Å². The molecule has 1 aliphatic rings. The third-order valence-electron chi connectivity index (χ3n) is 9.55. The molecule has 58 heavy (non-hydrogen) atoms. The van der Waals surface area contributed by atoms with Crippen LogP contribution in [0.1, 0.15) is 43.6 Å². The highest BCUT2D eigenvalue weighted by atomic mass is 79.9. The predicted molar refractivity (Wildman–Crippen MR) is 234 cm³/mol. The molecule has 0 radical (unpaired) electrons. The first kappa shape index (κ1) is 41.7. The molecular weight excluding hydrogens is 932 g/mol. The van der Waals surface area contributed by atoms with E-state index < -0.39 is 20.0 Å². The molecule has 1 aliphatic heterocycles. The fraction of sp³-hybridized carbons (Fsp3) is 0.256. The Morgan fingerprint density at radius 3 is 1.79 bits per heavy atom. The summed E-state index contributed by atoms with van der Waals surface area (Å²) >= 11 is 12.8. The van der Waals surface area contributed by atoms with Crippen molar-refractivity contribution in [1.82, 2.24) is 38.2 Å². The van der Waals surface area contributed by atoms with Crippen molar-refractivity contribution >= 4 is 97.2 Å². The molecule has 7 aromatic rings. The lowest BCUT2D eigenvalue weighted by Gasteiger charge is -2.37. The van der Waals surface area contributed by atoms with Gasteiger partial charge in [0.25, 0.3) is 20.0 Å². The van der Waals surface area contributed by atoms with Crippen molar-refractivity contribution in [2.45, 2.75) is 62.5 Å². The summed E-state index contributed by atoms with van der Waals surface area (Å²) in [5, 5.41) is 8.23. The second kappa shape index (κ2) is 16.7. The van der Waals surface area contributed by atoms with Gasteiger partial charge < -0.3 is 15.5 Å². The smallest absolute Gasteiger partial charge is 0.269 e. The molecule has 1 saturated heterocycles. The zero-order valence-corrected chi connectivity index (χ0v) is 37.5. The van der Waals surface area contributed by atoms with E-state index in [4.69, 9.17) is 16.6 Å². The first-order valence-corrected chi connectivity index (χ1v) is 23.0. The maximum absolute atomic E-state index is 13.4. The second-order valence-electron chi connectivity index (χ2n) is 14.1. The zero-order valence-electron chi connectivity index (χ0n) is 32.0. The Balaban J connectivity index is 0.000000206. The minimum atomic E-state index is -3.84. The first-order chi connectivity index (χ1) is 27.5. The van der Waals surface area contributed by atoms with Crippen LogP contribution in [0.25, 0.3) is 22.1 Å². The molecule has 302 valence electrons. The van der Waals surface area contributed by atoms with Gasteiger partial charge in [-0.05, 0) is 103 Å². The average Bonchev–Trinajstić information content (AvgIpc) is 3.73. The molecule has 8 rings (SSSR count). The summed E-state index contributed by atoms with van der Waals surface area (Å²) < 4.78 is 55.7. The average molecular weight is 971 g/mol. The van der Waals surface area contributed by atoms with Crippen LogP contribution in [0.3, 0.4) is 0 Å². The topological polar surface area (TPSA) is 170 Å². The highest BCUT2D eigenvalue weighted by Crippen LogP contribution is 2.35. The van der Waals surface area contributed by atoms with Crippen molar-refractivity contribution in [3.8, 4) is 0 Å². The van der Waals surface area contributed by atoms with Gasteiger partial charge in [0.1, 0.15) is 29.4 Å². The van der Waals surface area contributed by atoms with E-state index in [2.05, 4.69) is 81.2 Å². The van der Waals surface area contributed by atoms with E-state index >= 15 is 0 Å². The lowest BCUT2D eigenvalue weighted by atomic mass is 10.1. The summed E-state index contributed by atoms with van der Waals surface area (Å²) in [6.45, 7) is 12.0. The van der Waals surface area contributed by atoms with Crippen molar-refractivity contribution in [1.29, 1.82) is 0 Å². The maximum Gasteiger partial charge on any atom is 0.269 e. The third-order valence-corrected chi connectivity index (χ3v) is 14.4. The lowest BCUT2D eigenvalue weighted by molar-refractivity contribution is 0.405. The van der Waals surface area contributed by atoms with Crippen LogP contribution in [0.15, 0.2) is 111 Å². The van der Waals surface area contributed by atoms with Crippen molar-refractivity contribution in [2.24, 2.45) is 0 Å². The summed E-state index contributed by atoms with van der Waals surface area (Å²) in [7, 11) is -7.58. The number of fused-ring (bicyclic) bond motifs is 2. The number of halogens is 3. The number of nitrogens with zero attached hydrogens (tertiary/aromatic N) is 8. The normalized spacial score (nSPS) is 16.6. The van der Waals surface area contributed by atoms with Gasteiger partial charge in [0.2, 0.25) is 0 Å². The fourth-order valence-electron chi connectivity index (χ4n) is 6.72. The minimum Gasteiger partial charge on any atom is -0.361 e. The Bertz CT molecular complexity index is 2850. The van der Waals surface area contributed by atoms with Gasteiger partial charge in [0.15, 0.2) is 11.3 Å². The quantitative estimate of drug-likeness (QED) is 0.142. The van der Waals surface area contributed by atoms with E-state index in [0.717, 1.165) is 39.7 Å². The molecule has 14 nitrogen and oxygen atoms in total. The second-order valence-corrected chi connectivity index (χ2v) is 19.8. The molecule has 19 heteroatoms. The molecule has 5 aromatic heterocycles. The van der Waals surface area contributed by atoms with Crippen molar-refractivity contribution in [3.63, 3.8) is 0 Å². The van der Waals surface area contributed by atoms with E-state index in [0.29, 0.717) is 43.3 Å². The lowest BCUT2D eigenvalue weighted by Crippen LogP contribution is -2.54. The van der Waals surface area contributed by atoms with E-state index in [9.17, 15) is 16.8 Å². The molecule has 0 saturated carbocycles. The standard InChI is InChI=1S/C26H30BrN7O2S.C13H9BrClN3O2S/c1-16-8-10-20(11-9-16)37(35,36)34-14-21(27)24-25(28-15-29-26(24)34)31-19(4)22-6-5-7-23(32-22)33-12-17(2)30-18(3)13-33;1-8-2-4-9(5-3-8)21(19,20)18-6-10(14)11-12(15)16-7-17-13(11)18/h5-11,14-15,17-19,30H,12-13H2,1-4H3,(H,28,29,31);2-7H,1H3/t17-,18+,19-;/m0./s1. The number of benzene rings is 2. The highest BCUT2D eigenvalue weighted by molar-refractivity contribution is 9.11. The summed E-state index contributed by atoms with van der Waals surface area (Å²) in [4.78, 5) is 24.3. The molecule has 6 heterocycles. The number of aromatic nitrogens is 7. The molecule has 0 spiro atoms. The van der Waals surface area contributed by atoms with Gasteiger partial charge in [-0.15, -0.1) is 0 Å². The van der Waals surface area contributed by atoms with Crippen LogP contribution in [0, 0.1) is 13.8 Å². The molecule has 0 amide bonds. The van der Waals surface area contributed by atoms with E-state index in [-0.39, 0.29) is 26.6 Å². The van der Waals surface area contributed by atoms with Crippen LogP contribution in [-0.2, 0) is 20.0 Å². The number of rotatable bonds is 8. The Labute approximate surface area is 358 Å². The summed E-state index contributed by atoms with van der Waals surface area (Å²) in [5.41, 5.74) is 3.37. The molecule has 0 bridgehead atoms. The molecule has 0 unspecified atom stereocenters. The van der Waals surface area contributed by atoms with Crippen molar-refractivity contribution in [3.05, 3.63) is 123 Å². The monoisotopic (exact) mass is 968 g/mol. The van der Waals surface area contributed by atoms with Crippen LogP contribution >= 0.6 is 43.5 Å². The predicted octanol–water partition coefficient (Wildman–Crippen LogP) is 7.89. The van der Waals surface area contributed by atoms with E-state index in [1.807, 2.05) is 39.0 Å². The summed E-state index contributed by atoms with van der Waals surface area (Å²) in [6.07, 6.45) is 5.56. The zero-order chi connectivity index (χ0) is 41.5. The van der Waals surface area contributed by atoms with Gasteiger partial charge >= 0.3 is 0 Å².